The second-order valence-electron chi connectivity index (χ2n) is 3.99. The average molecular weight is 317 g/mol. The van der Waals surface area contributed by atoms with Gasteiger partial charge in [0, 0.05) is 5.56 Å². The molecule has 6 nitrogen and oxygen atoms in total. The number of carbonyl (C=O) groups is 1. The zero-order chi connectivity index (χ0) is 14.9. The van der Waals surface area contributed by atoms with E-state index in [1.807, 2.05) is 0 Å². The first-order chi connectivity index (χ1) is 9.43. The Labute approximate surface area is 123 Å². The maximum Gasteiger partial charge on any atom is 0.374 e. The van der Waals surface area contributed by atoms with Crippen LogP contribution in [0.3, 0.4) is 0 Å². The van der Waals surface area contributed by atoms with Gasteiger partial charge in [-0.05, 0) is 13.0 Å². The number of hydrogen-bond donors (Lipinski definition) is 0. The van der Waals surface area contributed by atoms with Crippen molar-refractivity contribution in [1.82, 2.24) is 9.78 Å². The summed E-state index contributed by atoms with van der Waals surface area (Å²) < 4.78 is 11.0. The normalized spacial score (nSPS) is 10.6. The largest absolute Gasteiger partial charge is 0.463 e. The molecule has 2 aromatic heterocycles. The molecule has 0 aromatic carbocycles. The van der Waals surface area contributed by atoms with Crippen LogP contribution < -0.4 is 5.56 Å². The molecule has 0 fully saturated rings. The number of carbonyl (C=O) groups excluding carboxylic acids is 1. The number of ether oxygens (including phenoxy) is 1. The minimum Gasteiger partial charge on any atom is -0.463 e. The summed E-state index contributed by atoms with van der Waals surface area (Å²) in [6, 6.07) is 1.63. The number of aryl methyl sites for hydroxylation is 1. The quantitative estimate of drug-likeness (QED) is 0.812. The van der Waals surface area contributed by atoms with E-state index in [0.29, 0.717) is 11.3 Å². The first-order valence-electron chi connectivity index (χ1n) is 5.52. The standard InChI is InChI=1S/C12H10Cl2N2O4/c1-6-3-7(20-10(6)12(18)19-2)5-16-11(17)9(14)8(13)4-15-16/h3-4H,5H2,1-2H3. The molecular weight excluding hydrogens is 307 g/mol. The van der Waals surface area contributed by atoms with E-state index in [1.165, 1.54) is 13.3 Å². The maximum absolute atomic E-state index is 11.8. The molecule has 0 bridgehead atoms. The first kappa shape index (κ1) is 14.6. The molecule has 0 unspecified atom stereocenters. The fourth-order valence-corrected chi connectivity index (χ4v) is 1.90. The molecule has 8 heteroatoms. The van der Waals surface area contributed by atoms with Crippen LogP contribution in [0, 0.1) is 6.92 Å². The average Bonchev–Trinajstić information content (AvgIpc) is 2.79. The van der Waals surface area contributed by atoms with Gasteiger partial charge in [-0.15, -0.1) is 0 Å². The summed E-state index contributed by atoms with van der Waals surface area (Å²) in [4.78, 5) is 23.3. The summed E-state index contributed by atoms with van der Waals surface area (Å²) in [7, 11) is 1.26. The van der Waals surface area contributed by atoms with Crippen molar-refractivity contribution in [3.05, 3.63) is 49.7 Å². The van der Waals surface area contributed by atoms with Crippen molar-refractivity contribution in [3.8, 4) is 0 Å². The Kier molecular flexibility index (Phi) is 4.15. The fourth-order valence-electron chi connectivity index (χ4n) is 1.63. The molecule has 2 heterocycles. The summed E-state index contributed by atoms with van der Waals surface area (Å²) >= 11 is 11.4. The number of nitrogens with zero attached hydrogens (tertiary/aromatic N) is 2. The van der Waals surface area contributed by atoms with Crippen LogP contribution in [0.4, 0.5) is 0 Å². The summed E-state index contributed by atoms with van der Waals surface area (Å²) in [5, 5.41) is 3.82. The molecule has 2 rings (SSSR count). The van der Waals surface area contributed by atoms with E-state index >= 15 is 0 Å². The third-order valence-electron chi connectivity index (χ3n) is 2.59. The molecule has 0 saturated heterocycles. The van der Waals surface area contributed by atoms with E-state index in [0.717, 1.165) is 4.68 Å². The van der Waals surface area contributed by atoms with Crippen LogP contribution in [0.25, 0.3) is 0 Å². The lowest BCUT2D eigenvalue weighted by Gasteiger charge is -2.03. The van der Waals surface area contributed by atoms with Gasteiger partial charge in [0.15, 0.2) is 0 Å². The number of hydrogen-bond acceptors (Lipinski definition) is 5. The lowest BCUT2D eigenvalue weighted by atomic mass is 10.2. The molecule has 106 valence electrons. The fraction of sp³-hybridized carbons (Fsp3) is 0.250. The van der Waals surface area contributed by atoms with Crippen molar-refractivity contribution < 1.29 is 13.9 Å². The molecule has 20 heavy (non-hydrogen) atoms. The minimum absolute atomic E-state index is 0.0353. The number of rotatable bonds is 3. The third-order valence-corrected chi connectivity index (χ3v) is 3.34. The summed E-state index contributed by atoms with van der Waals surface area (Å²) in [5.41, 5.74) is 0.0767. The number of aromatic nitrogens is 2. The van der Waals surface area contributed by atoms with E-state index < -0.39 is 11.5 Å². The Balaban J connectivity index is 2.34. The Morgan fingerprint density at radius 1 is 1.50 bits per heavy atom. The van der Waals surface area contributed by atoms with Crippen molar-refractivity contribution in [2.75, 3.05) is 7.11 Å². The Morgan fingerprint density at radius 3 is 2.85 bits per heavy atom. The van der Waals surface area contributed by atoms with Crippen LogP contribution >= 0.6 is 23.2 Å². The Morgan fingerprint density at radius 2 is 2.20 bits per heavy atom. The number of esters is 1. The van der Waals surface area contributed by atoms with Crippen LogP contribution in [0.5, 0.6) is 0 Å². The molecule has 0 aliphatic rings. The van der Waals surface area contributed by atoms with E-state index in [1.54, 1.807) is 13.0 Å². The molecule has 0 N–H and O–H groups in total. The van der Waals surface area contributed by atoms with Gasteiger partial charge >= 0.3 is 5.97 Å². The van der Waals surface area contributed by atoms with Crippen LogP contribution in [0.1, 0.15) is 21.9 Å². The second-order valence-corrected chi connectivity index (χ2v) is 4.77. The number of furan rings is 1. The maximum atomic E-state index is 11.8. The van der Waals surface area contributed by atoms with Crippen molar-refractivity contribution in [3.63, 3.8) is 0 Å². The summed E-state index contributed by atoms with van der Waals surface area (Å²) in [5.74, 6) is -0.102. The van der Waals surface area contributed by atoms with Gasteiger partial charge in [0.05, 0.1) is 18.3 Å². The smallest absolute Gasteiger partial charge is 0.374 e. The van der Waals surface area contributed by atoms with E-state index in [-0.39, 0.29) is 22.4 Å². The van der Waals surface area contributed by atoms with E-state index in [2.05, 4.69) is 9.84 Å². The highest BCUT2D eigenvalue weighted by Gasteiger charge is 2.17. The summed E-state index contributed by atoms with van der Waals surface area (Å²) in [6.45, 7) is 1.73. The second kappa shape index (κ2) is 5.68. The molecule has 0 amide bonds. The van der Waals surface area contributed by atoms with Crippen molar-refractivity contribution >= 4 is 29.2 Å². The van der Waals surface area contributed by atoms with Gasteiger partial charge in [0.1, 0.15) is 17.3 Å². The van der Waals surface area contributed by atoms with Crippen LogP contribution in [-0.2, 0) is 11.3 Å². The van der Waals surface area contributed by atoms with Crippen LogP contribution in [-0.4, -0.2) is 22.9 Å². The zero-order valence-corrected chi connectivity index (χ0v) is 12.2. The van der Waals surface area contributed by atoms with Crippen molar-refractivity contribution in [1.29, 1.82) is 0 Å². The van der Waals surface area contributed by atoms with E-state index in [9.17, 15) is 9.59 Å². The molecule has 0 spiro atoms. The van der Waals surface area contributed by atoms with Gasteiger partial charge in [0.25, 0.3) is 5.56 Å². The predicted molar refractivity (Wildman–Crippen MR) is 72.4 cm³/mol. The Hall–Kier alpha value is -1.79. The van der Waals surface area contributed by atoms with Gasteiger partial charge in [-0.2, -0.15) is 5.10 Å². The van der Waals surface area contributed by atoms with Crippen LogP contribution in [0.15, 0.2) is 21.5 Å². The van der Waals surface area contributed by atoms with Crippen LogP contribution in [0.2, 0.25) is 10.0 Å². The highest BCUT2D eigenvalue weighted by molar-refractivity contribution is 6.41. The monoisotopic (exact) mass is 316 g/mol. The third kappa shape index (κ3) is 2.71. The predicted octanol–water partition coefficient (Wildman–Crippen LogP) is 2.29. The molecule has 2 aromatic rings. The molecule has 0 saturated carbocycles. The molecule has 0 atom stereocenters. The van der Waals surface area contributed by atoms with Gasteiger partial charge < -0.3 is 9.15 Å². The first-order valence-corrected chi connectivity index (χ1v) is 6.28. The Bertz CT molecular complexity index is 721. The molecular formula is C12H10Cl2N2O4. The SMILES string of the molecule is COC(=O)c1oc(Cn2ncc(Cl)c(Cl)c2=O)cc1C. The van der Waals surface area contributed by atoms with Gasteiger partial charge in [-0.1, -0.05) is 23.2 Å². The van der Waals surface area contributed by atoms with E-state index in [4.69, 9.17) is 27.6 Å². The summed E-state index contributed by atoms with van der Waals surface area (Å²) in [6.07, 6.45) is 1.27. The minimum atomic E-state index is -0.580. The number of methoxy groups -OCH3 is 1. The highest BCUT2D eigenvalue weighted by Crippen LogP contribution is 2.18. The molecule has 0 aliphatic carbocycles. The highest BCUT2D eigenvalue weighted by atomic mass is 35.5. The molecule has 0 aliphatic heterocycles. The zero-order valence-electron chi connectivity index (χ0n) is 10.6. The topological polar surface area (TPSA) is 74.3 Å². The number of halogens is 2. The van der Waals surface area contributed by atoms with Crippen molar-refractivity contribution in [2.45, 2.75) is 13.5 Å². The lowest BCUT2D eigenvalue weighted by Crippen LogP contribution is -2.23. The van der Waals surface area contributed by atoms with Gasteiger partial charge in [-0.3, -0.25) is 4.79 Å². The molecule has 0 radical (unpaired) electrons. The van der Waals surface area contributed by atoms with Gasteiger partial charge in [-0.25, -0.2) is 9.48 Å². The van der Waals surface area contributed by atoms with Gasteiger partial charge in [0.2, 0.25) is 5.76 Å². The lowest BCUT2D eigenvalue weighted by molar-refractivity contribution is 0.0561. The van der Waals surface area contributed by atoms with Crippen molar-refractivity contribution in [2.24, 2.45) is 0 Å².